The van der Waals surface area contributed by atoms with E-state index in [4.69, 9.17) is 5.73 Å². The number of hydrogen-bond donors (Lipinski definition) is 3. The zero-order chi connectivity index (χ0) is 22.3. The molecule has 0 aliphatic carbocycles. The summed E-state index contributed by atoms with van der Waals surface area (Å²) in [6, 6.07) is 14.0. The normalized spacial score (nSPS) is 12.7. The molecule has 0 unspecified atom stereocenters. The van der Waals surface area contributed by atoms with Gasteiger partial charge in [-0.2, -0.15) is 0 Å². The molecule has 7 nitrogen and oxygen atoms in total. The van der Waals surface area contributed by atoms with Crippen molar-refractivity contribution in [1.29, 1.82) is 0 Å². The lowest BCUT2D eigenvalue weighted by Gasteiger charge is -2.24. The van der Waals surface area contributed by atoms with Crippen LogP contribution in [0, 0.1) is 5.92 Å². The summed E-state index contributed by atoms with van der Waals surface area (Å²) in [5.41, 5.74) is 7.32. The van der Waals surface area contributed by atoms with Crippen LogP contribution in [0.25, 0.3) is 0 Å². The summed E-state index contributed by atoms with van der Waals surface area (Å²) < 4.78 is 0. The molecule has 0 aliphatic rings. The highest BCUT2D eigenvalue weighted by Gasteiger charge is 2.27. The van der Waals surface area contributed by atoms with E-state index < -0.39 is 23.9 Å². The summed E-state index contributed by atoms with van der Waals surface area (Å²) in [7, 11) is 0. The maximum absolute atomic E-state index is 12.5. The molecule has 0 fully saturated rings. The van der Waals surface area contributed by atoms with Crippen LogP contribution in [0.1, 0.15) is 42.3 Å². The number of primary amides is 1. The molecule has 0 bridgehead atoms. The molecule has 0 saturated heterocycles. The second-order valence-electron chi connectivity index (χ2n) is 7.48. The van der Waals surface area contributed by atoms with Gasteiger partial charge < -0.3 is 16.4 Å². The molecule has 2 aromatic carbocycles. The Kier molecular flexibility index (Phi) is 7.86. The van der Waals surface area contributed by atoms with E-state index in [0.29, 0.717) is 11.1 Å². The van der Waals surface area contributed by atoms with Gasteiger partial charge in [-0.25, -0.2) is 0 Å². The molecular weight excluding hydrogens is 382 g/mol. The third-order valence-corrected chi connectivity index (χ3v) is 4.66. The van der Waals surface area contributed by atoms with E-state index in [0.717, 1.165) is 5.56 Å². The van der Waals surface area contributed by atoms with Gasteiger partial charge in [0.1, 0.15) is 12.1 Å². The monoisotopic (exact) mass is 409 g/mol. The first-order chi connectivity index (χ1) is 14.2. The average molecular weight is 409 g/mol. The number of benzene rings is 2. The first kappa shape index (κ1) is 22.8. The SMILES string of the molecule is CC(=O)N[C@@H](C(=O)N[C@@H](Cc1ccc(C(=O)c2ccccc2)cc1)C(N)=O)C(C)C. The largest absolute Gasteiger partial charge is 0.368 e. The maximum atomic E-state index is 12.5. The Bertz CT molecular complexity index is 908. The van der Waals surface area contributed by atoms with Gasteiger partial charge in [-0.15, -0.1) is 0 Å². The highest BCUT2D eigenvalue weighted by atomic mass is 16.2. The van der Waals surface area contributed by atoms with Crippen LogP contribution in [-0.2, 0) is 20.8 Å². The Hall–Kier alpha value is -3.48. The molecule has 0 radical (unpaired) electrons. The predicted molar refractivity (Wildman–Crippen MR) is 114 cm³/mol. The van der Waals surface area contributed by atoms with Crippen molar-refractivity contribution in [3.05, 3.63) is 71.3 Å². The minimum Gasteiger partial charge on any atom is -0.368 e. The number of carbonyl (C=O) groups excluding carboxylic acids is 4. The lowest BCUT2D eigenvalue weighted by atomic mass is 9.98. The summed E-state index contributed by atoms with van der Waals surface area (Å²) in [5.74, 6) is -1.75. The topological polar surface area (TPSA) is 118 Å². The molecule has 0 aliphatic heterocycles. The minimum absolute atomic E-state index is 0.100. The Balaban J connectivity index is 2.09. The maximum Gasteiger partial charge on any atom is 0.243 e. The number of nitrogens with two attached hydrogens (primary N) is 1. The summed E-state index contributed by atoms with van der Waals surface area (Å²) in [6.07, 6.45) is 0.172. The Morgan fingerprint density at radius 2 is 1.43 bits per heavy atom. The van der Waals surface area contributed by atoms with Gasteiger partial charge in [-0.05, 0) is 11.5 Å². The number of nitrogens with one attached hydrogen (secondary N) is 2. The molecular formula is C23H27N3O4. The second-order valence-corrected chi connectivity index (χ2v) is 7.48. The molecule has 0 heterocycles. The molecule has 2 aromatic rings. The molecule has 0 aromatic heterocycles. The van der Waals surface area contributed by atoms with Gasteiger partial charge in [0.2, 0.25) is 17.7 Å². The Morgan fingerprint density at radius 1 is 0.867 bits per heavy atom. The fraction of sp³-hybridized carbons (Fsp3) is 0.304. The summed E-state index contributed by atoms with van der Waals surface area (Å²) in [4.78, 5) is 48.3. The van der Waals surface area contributed by atoms with Crippen molar-refractivity contribution in [1.82, 2.24) is 10.6 Å². The van der Waals surface area contributed by atoms with Crippen LogP contribution >= 0.6 is 0 Å². The molecule has 0 spiro atoms. The van der Waals surface area contributed by atoms with Crippen LogP contribution in [0.2, 0.25) is 0 Å². The van der Waals surface area contributed by atoms with Crippen LogP contribution in [0.4, 0.5) is 0 Å². The highest BCUT2D eigenvalue weighted by molar-refractivity contribution is 6.08. The average Bonchev–Trinajstić information content (AvgIpc) is 2.71. The van der Waals surface area contributed by atoms with E-state index in [-0.39, 0.29) is 24.0 Å². The van der Waals surface area contributed by atoms with Crippen LogP contribution in [0.15, 0.2) is 54.6 Å². The Morgan fingerprint density at radius 3 is 1.93 bits per heavy atom. The molecule has 2 atom stereocenters. The van der Waals surface area contributed by atoms with Crippen molar-refractivity contribution < 1.29 is 19.2 Å². The van der Waals surface area contributed by atoms with E-state index >= 15 is 0 Å². The van der Waals surface area contributed by atoms with Crippen LogP contribution < -0.4 is 16.4 Å². The molecule has 2 rings (SSSR count). The zero-order valence-corrected chi connectivity index (χ0v) is 17.3. The molecule has 0 saturated carbocycles. The lowest BCUT2D eigenvalue weighted by Crippen LogP contribution is -2.55. The van der Waals surface area contributed by atoms with Crippen molar-refractivity contribution in [2.24, 2.45) is 11.7 Å². The molecule has 30 heavy (non-hydrogen) atoms. The van der Waals surface area contributed by atoms with E-state index in [9.17, 15) is 19.2 Å². The van der Waals surface area contributed by atoms with Crippen molar-refractivity contribution in [3.63, 3.8) is 0 Å². The third-order valence-electron chi connectivity index (χ3n) is 4.66. The van der Waals surface area contributed by atoms with Gasteiger partial charge in [-0.1, -0.05) is 68.4 Å². The molecule has 7 heteroatoms. The molecule has 4 N–H and O–H groups in total. The minimum atomic E-state index is -0.941. The molecule has 158 valence electrons. The third kappa shape index (κ3) is 6.27. The van der Waals surface area contributed by atoms with Gasteiger partial charge in [0.05, 0.1) is 0 Å². The Labute approximate surface area is 176 Å². The van der Waals surface area contributed by atoms with Crippen LogP contribution in [0.5, 0.6) is 0 Å². The number of amides is 3. The molecule has 3 amide bonds. The van der Waals surface area contributed by atoms with Gasteiger partial charge in [-0.3, -0.25) is 19.2 Å². The van der Waals surface area contributed by atoms with Crippen molar-refractivity contribution in [2.45, 2.75) is 39.3 Å². The van der Waals surface area contributed by atoms with E-state index in [1.807, 2.05) is 6.07 Å². The van der Waals surface area contributed by atoms with Crippen molar-refractivity contribution >= 4 is 23.5 Å². The predicted octanol–water partition coefficient (Wildman–Crippen LogP) is 1.59. The van der Waals surface area contributed by atoms with Crippen LogP contribution in [0.3, 0.4) is 0 Å². The second kappa shape index (κ2) is 10.3. The smallest absolute Gasteiger partial charge is 0.243 e. The lowest BCUT2D eigenvalue weighted by molar-refractivity contribution is -0.131. The highest BCUT2D eigenvalue weighted by Crippen LogP contribution is 2.13. The van der Waals surface area contributed by atoms with Crippen molar-refractivity contribution in [3.8, 4) is 0 Å². The standard InChI is InChI=1S/C23H27N3O4/c1-14(2)20(25-15(3)27)23(30)26-19(22(24)29)13-16-9-11-18(12-10-16)21(28)17-7-5-4-6-8-17/h4-12,14,19-20H,13H2,1-3H3,(H2,24,29)(H,25,27)(H,26,30)/t19-,20+/m0/s1. The number of carbonyl (C=O) groups is 4. The first-order valence-electron chi connectivity index (χ1n) is 9.74. The number of hydrogen-bond acceptors (Lipinski definition) is 4. The number of ketones is 1. The van der Waals surface area contributed by atoms with E-state index in [1.165, 1.54) is 6.92 Å². The fourth-order valence-electron chi connectivity index (χ4n) is 3.02. The van der Waals surface area contributed by atoms with Crippen LogP contribution in [-0.4, -0.2) is 35.6 Å². The van der Waals surface area contributed by atoms with E-state index in [1.54, 1.807) is 62.4 Å². The number of rotatable bonds is 9. The summed E-state index contributed by atoms with van der Waals surface area (Å²) in [5, 5.41) is 5.20. The van der Waals surface area contributed by atoms with E-state index in [2.05, 4.69) is 10.6 Å². The van der Waals surface area contributed by atoms with Gasteiger partial charge in [0.15, 0.2) is 5.78 Å². The summed E-state index contributed by atoms with van der Waals surface area (Å²) >= 11 is 0. The van der Waals surface area contributed by atoms with Gasteiger partial charge >= 0.3 is 0 Å². The van der Waals surface area contributed by atoms with Crippen molar-refractivity contribution in [2.75, 3.05) is 0 Å². The quantitative estimate of drug-likeness (QED) is 0.545. The van der Waals surface area contributed by atoms with Gasteiger partial charge in [0, 0.05) is 24.5 Å². The zero-order valence-electron chi connectivity index (χ0n) is 17.3. The summed E-state index contributed by atoms with van der Waals surface area (Å²) in [6.45, 7) is 4.91. The van der Waals surface area contributed by atoms with Gasteiger partial charge in [0.25, 0.3) is 0 Å². The first-order valence-corrected chi connectivity index (χ1v) is 9.74. The fourth-order valence-corrected chi connectivity index (χ4v) is 3.02.